The van der Waals surface area contributed by atoms with Crippen LogP contribution < -0.4 is 10.1 Å². The first-order valence-electron chi connectivity index (χ1n) is 7.00. The molecule has 1 N–H and O–H groups in total. The summed E-state index contributed by atoms with van der Waals surface area (Å²) in [7, 11) is 0. The maximum absolute atomic E-state index is 5.85. The molecule has 2 heterocycles. The van der Waals surface area contributed by atoms with E-state index in [0.717, 1.165) is 38.3 Å². The summed E-state index contributed by atoms with van der Waals surface area (Å²) in [5.74, 6) is 1.10. The lowest BCUT2D eigenvalue weighted by atomic mass is 9.91. The smallest absolute Gasteiger partial charge is 0.130 e. The Kier molecular flexibility index (Phi) is 2.56. The third kappa shape index (κ3) is 1.75. The molecule has 2 heteroatoms. The highest BCUT2D eigenvalue weighted by atomic mass is 16.5. The topological polar surface area (TPSA) is 21.3 Å². The van der Waals surface area contributed by atoms with Gasteiger partial charge in [0.05, 0.1) is 6.61 Å². The quantitative estimate of drug-likeness (QED) is 0.841. The molecule has 4 rings (SSSR count). The van der Waals surface area contributed by atoms with Crippen molar-refractivity contribution in [2.24, 2.45) is 0 Å². The van der Waals surface area contributed by atoms with Gasteiger partial charge in [0, 0.05) is 18.5 Å². The van der Waals surface area contributed by atoms with E-state index < -0.39 is 0 Å². The number of nitrogens with one attached hydrogen (secondary N) is 1. The van der Waals surface area contributed by atoms with Gasteiger partial charge in [0.15, 0.2) is 0 Å². The number of ether oxygens (including phenoxy) is 1. The van der Waals surface area contributed by atoms with Crippen LogP contribution in [-0.4, -0.2) is 13.2 Å². The van der Waals surface area contributed by atoms with Crippen molar-refractivity contribution in [2.45, 2.75) is 19.4 Å². The zero-order valence-corrected chi connectivity index (χ0v) is 10.9. The van der Waals surface area contributed by atoms with Gasteiger partial charge in [0.2, 0.25) is 0 Å². The predicted octanol–water partition coefficient (Wildman–Crippen LogP) is 2.93. The highest BCUT2D eigenvalue weighted by molar-refractivity contribution is 5.76. The van der Waals surface area contributed by atoms with Crippen LogP contribution in [0, 0.1) is 0 Å². The SMILES string of the molecule is c1cc2c(c(-c3cccc4c3OCC4)c1)CNCC2. The summed E-state index contributed by atoms with van der Waals surface area (Å²) < 4.78 is 5.85. The lowest BCUT2D eigenvalue weighted by molar-refractivity contribution is 0.358. The Balaban J connectivity index is 1.92. The zero-order valence-electron chi connectivity index (χ0n) is 10.9. The van der Waals surface area contributed by atoms with E-state index in [1.807, 2.05) is 0 Å². The van der Waals surface area contributed by atoms with Crippen LogP contribution in [0.4, 0.5) is 0 Å². The van der Waals surface area contributed by atoms with Gasteiger partial charge in [-0.1, -0.05) is 36.4 Å². The van der Waals surface area contributed by atoms with Gasteiger partial charge in [-0.25, -0.2) is 0 Å². The molecular weight excluding hydrogens is 234 g/mol. The Morgan fingerprint density at radius 1 is 0.895 bits per heavy atom. The molecule has 0 saturated heterocycles. The van der Waals surface area contributed by atoms with Gasteiger partial charge < -0.3 is 10.1 Å². The van der Waals surface area contributed by atoms with E-state index in [0.29, 0.717) is 0 Å². The Labute approximate surface area is 113 Å². The molecule has 2 aromatic carbocycles. The number of benzene rings is 2. The second kappa shape index (κ2) is 4.39. The van der Waals surface area contributed by atoms with E-state index in [9.17, 15) is 0 Å². The van der Waals surface area contributed by atoms with Crippen LogP contribution in [0.15, 0.2) is 36.4 Å². The molecule has 19 heavy (non-hydrogen) atoms. The van der Waals surface area contributed by atoms with E-state index in [2.05, 4.69) is 41.7 Å². The third-order valence-corrected chi connectivity index (χ3v) is 4.15. The highest BCUT2D eigenvalue weighted by Crippen LogP contribution is 2.39. The largest absolute Gasteiger partial charge is 0.492 e. The van der Waals surface area contributed by atoms with Crippen molar-refractivity contribution in [2.75, 3.05) is 13.2 Å². The Bertz CT molecular complexity index is 633. The number of hydrogen-bond acceptors (Lipinski definition) is 2. The highest BCUT2D eigenvalue weighted by Gasteiger charge is 2.20. The first-order chi connectivity index (χ1) is 9.43. The standard InChI is InChI=1S/C17H17NO/c1-3-12-7-9-18-11-16(12)14(5-1)15-6-2-4-13-8-10-19-17(13)15/h1-6,18H,7-11H2. The third-order valence-electron chi connectivity index (χ3n) is 4.15. The fraction of sp³-hybridized carbons (Fsp3) is 0.294. The minimum Gasteiger partial charge on any atom is -0.492 e. The van der Waals surface area contributed by atoms with E-state index in [1.165, 1.54) is 27.8 Å². The molecule has 0 spiro atoms. The molecule has 0 aliphatic carbocycles. The summed E-state index contributed by atoms with van der Waals surface area (Å²) in [6.07, 6.45) is 2.16. The van der Waals surface area contributed by atoms with Crippen LogP contribution in [-0.2, 0) is 19.4 Å². The van der Waals surface area contributed by atoms with E-state index in [1.54, 1.807) is 0 Å². The second-order valence-electron chi connectivity index (χ2n) is 5.26. The van der Waals surface area contributed by atoms with Crippen LogP contribution in [0.3, 0.4) is 0 Å². The molecule has 0 saturated carbocycles. The van der Waals surface area contributed by atoms with Gasteiger partial charge in [-0.2, -0.15) is 0 Å². The Hall–Kier alpha value is -1.80. The monoisotopic (exact) mass is 251 g/mol. The fourth-order valence-corrected chi connectivity index (χ4v) is 3.19. The van der Waals surface area contributed by atoms with Crippen molar-refractivity contribution in [3.05, 3.63) is 53.1 Å². The van der Waals surface area contributed by atoms with Gasteiger partial charge in [-0.15, -0.1) is 0 Å². The van der Waals surface area contributed by atoms with Crippen molar-refractivity contribution in [1.82, 2.24) is 5.32 Å². The van der Waals surface area contributed by atoms with Gasteiger partial charge in [-0.3, -0.25) is 0 Å². The van der Waals surface area contributed by atoms with E-state index >= 15 is 0 Å². The average molecular weight is 251 g/mol. The predicted molar refractivity (Wildman–Crippen MR) is 76.5 cm³/mol. The van der Waals surface area contributed by atoms with Gasteiger partial charge >= 0.3 is 0 Å². The van der Waals surface area contributed by atoms with Gasteiger partial charge in [0.25, 0.3) is 0 Å². The number of hydrogen-bond donors (Lipinski definition) is 1. The molecular formula is C17H17NO. The molecule has 2 aromatic rings. The summed E-state index contributed by atoms with van der Waals surface area (Å²) in [5, 5.41) is 3.48. The molecule has 0 bridgehead atoms. The van der Waals surface area contributed by atoms with E-state index in [4.69, 9.17) is 4.74 Å². The molecule has 0 unspecified atom stereocenters. The van der Waals surface area contributed by atoms with Crippen molar-refractivity contribution in [1.29, 1.82) is 0 Å². The maximum Gasteiger partial charge on any atom is 0.130 e. The molecule has 0 aromatic heterocycles. The molecule has 96 valence electrons. The minimum absolute atomic E-state index is 0.819. The van der Waals surface area contributed by atoms with Crippen LogP contribution >= 0.6 is 0 Å². The van der Waals surface area contributed by atoms with E-state index in [-0.39, 0.29) is 0 Å². The molecule has 0 fully saturated rings. The van der Waals surface area contributed by atoms with Crippen LogP contribution in [0.2, 0.25) is 0 Å². The molecule has 0 radical (unpaired) electrons. The summed E-state index contributed by atoms with van der Waals surface area (Å²) >= 11 is 0. The molecule has 2 aliphatic heterocycles. The van der Waals surface area contributed by atoms with Crippen molar-refractivity contribution in [3.63, 3.8) is 0 Å². The molecule has 0 atom stereocenters. The summed E-state index contributed by atoms with van der Waals surface area (Å²) in [6, 6.07) is 13.2. The first kappa shape index (κ1) is 11.1. The van der Waals surface area contributed by atoms with Gasteiger partial charge in [-0.05, 0) is 35.2 Å². The normalized spacial score (nSPS) is 16.6. The van der Waals surface area contributed by atoms with Crippen molar-refractivity contribution in [3.8, 4) is 16.9 Å². The summed E-state index contributed by atoms with van der Waals surface area (Å²) in [4.78, 5) is 0. The van der Waals surface area contributed by atoms with Crippen LogP contribution in [0.25, 0.3) is 11.1 Å². The van der Waals surface area contributed by atoms with Crippen molar-refractivity contribution >= 4 is 0 Å². The molecule has 0 amide bonds. The maximum atomic E-state index is 5.85. The summed E-state index contributed by atoms with van der Waals surface area (Å²) in [6.45, 7) is 2.87. The summed E-state index contributed by atoms with van der Waals surface area (Å²) in [5.41, 5.74) is 6.86. The molecule has 2 nitrogen and oxygen atoms in total. The fourth-order valence-electron chi connectivity index (χ4n) is 3.19. The lowest BCUT2D eigenvalue weighted by Crippen LogP contribution is -2.24. The Morgan fingerprint density at radius 2 is 1.74 bits per heavy atom. The average Bonchev–Trinajstić information content (AvgIpc) is 2.95. The molecule has 2 aliphatic rings. The van der Waals surface area contributed by atoms with Gasteiger partial charge in [0.1, 0.15) is 5.75 Å². The second-order valence-corrected chi connectivity index (χ2v) is 5.26. The number of rotatable bonds is 1. The zero-order chi connectivity index (χ0) is 12.7. The minimum atomic E-state index is 0.819. The first-order valence-corrected chi connectivity index (χ1v) is 7.00. The number of fused-ring (bicyclic) bond motifs is 2. The Morgan fingerprint density at radius 3 is 2.68 bits per heavy atom. The van der Waals surface area contributed by atoms with Crippen LogP contribution in [0.5, 0.6) is 5.75 Å². The van der Waals surface area contributed by atoms with Crippen LogP contribution in [0.1, 0.15) is 16.7 Å². The van der Waals surface area contributed by atoms with Crippen molar-refractivity contribution < 1.29 is 4.74 Å². The number of para-hydroxylation sites is 1. The lowest BCUT2D eigenvalue weighted by Gasteiger charge is -2.21.